The number of rotatable bonds is 16. The van der Waals surface area contributed by atoms with E-state index in [0.717, 1.165) is 138 Å². The van der Waals surface area contributed by atoms with Crippen molar-refractivity contribution in [2.24, 2.45) is 0 Å². The molecule has 0 atom stereocenters. The Morgan fingerprint density at radius 1 is 0.336 bits per heavy atom. The number of nitrogens with zero attached hydrogens (tertiary/aromatic N) is 14. The highest BCUT2D eigenvalue weighted by Gasteiger charge is 2.35. The number of carboxylic acids is 1. The van der Waals surface area contributed by atoms with Gasteiger partial charge >= 0.3 is 42.2 Å². The number of carboxylic acid groups (broad SMARTS) is 1. The third-order valence-corrected chi connectivity index (χ3v) is 23.0. The molecular weight excluding hydrogens is 1660 g/mol. The van der Waals surface area contributed by atoms with Crippen LogP contribution < -0.4 is 30.2 Å². The van der Waals surface area contributed by atoms with Crippen LogP contribution in [-0.4, -0.2) is 233 Å². The third kappa shape index (κ3) is 24.3. The molecule has 0 bridgehead atoms. The summed E-state index contributed by atoms with van der Waals surface area (Å²) in [6.45, 7) is 22.8. The number of fused-ring (bicyclic) bond motifs is 4. The second-order valence-electron chi connectivity index (χ2n) is 35.7. The fourth-order valence-electron chi connectivity index (χ4n) is 16.1. The average molecular weight is 1780 g/mol. The summed E-state index contributed by atoms with van der Waals surface area (Å²) >= 11 is 0. The number of carbonyl (C=O) groups is 7. The molecule has 131 heavy (non-hydrogen) atoms. The van der Waals surface area contributed by atoms with Gasteiger partial charge in [0.25, 0.3) is 0 Å². The molecular formula is C101H116N16O14. The number of aromatic carboxylic acids is 1. The van der Waals surface area contributed by atoms with Crippen molar-refractivity contribution < 1.29 is 67.1 Å². The standard InChI is InChI=1S/C27H32N4O4.2C26H30N4O4.C22H24N4O2/c1-27(2,3)35-26(33)30(4)20-13-15-31(16-14-20)24-23(18-9-7-6-8-10-18)28-21-12-11-19(25(32)34-5)17-22(21)29-24;1-26(2,3)34-25(33)29(4)19-12-14-30(15-13-19)23-22(17-8-6-5-7-9-17)27-20-11-10-18(24(31)32)16-21(20)28-23;1-26(2,3)34-25(32)27-19-12-14-30(15-13-19)23-22(17-8-6-5-7-9-17)28-20-11-10-18(24(31)33-4)16-21(20)29-23;1-23-17-10-12-26(13-11-17)21-20(15-6-4-3-5-7-15)24-18-9-8-16(22(27)28-2)14-19(18)25-21/h6-12,17,20H,13-16H2,1-5H3;5-11,16,19H,12-15H2,1-4H3,(H,31,32);5-11,16,19H,12-15H2,1-4H3,(H,27,32);3-9,14,17,23H,10-13H2,1-2H3. The molecule has 8 heterocycles. The molecule has 12 aromatic rings. The van der Waals surface area contributed by atoms with E-state index in [4.69, 9.17) is 68.3 Å². The molecule has 8 aromatic carbocycles. The first-order chi connectivity index (χ1) is 62.7. The van der Waals surface area contributed by atoms with Gasteiger partial charge in [-0.05, 0) is 194 Å². The lowest BCUT2D eigenvalue weighted by atomic mass is 10.0. The highest BCUT2D eigenvalue weighted by molar-refractivity contribution is 5.98. The van der Waals surface area contributed by atoms with E-state index in [-0.39, 0.29) is 41.8 Å². The third-order valence-electron chi connectivity index (χ3n) is 23.0. The van der Waals surface area contributed by atoms with E-state index < -0.39 is 40.8 Å². The highest BCUT2D eigenvalue weighted by atomic mass is 16.6. The Balaban J connectivity index is 0.000000149. The molecule has 0 spiro atoms. The number of nitrogens with one attached hydrogen (secondary N) is 2. The first kappa shape index (κ1) is 94.6. The van der Waals surface area contributed by atoms with Crippen LogP contribution in [0.15, 0.2) is 194 Å². The molecule has 4 aliphatic heterocycles. The van der Waals surface area contributed by atoms with Gasteiger partial charge in [0.1, 0.15) is 39.6 Å². The van der Waals surface area contributed by atoms with Gasteiger partial charge in [-0.3, -0.25) is 0 Å². The number of alkyl carbamates (subject to hydrolysis) is 1. The van der Waals surface area contributed by atoms with Crippen LogP contribution in [0.4, 0.5) is 37.7 Å². The summed E-state index contributed by atoms with van der Waals surface area (Å²) in [6.07, 6.45) is 5.72. The van der Waals surface area contributed by atoms with E-state index in [1.54, 1.807) is 90.6 Å². The maximum Gasteiger partial charge on any atom is 0.410 e. The summed E-state index contributed by atoms with van der Waals surface area (Å²) in [5, 5.41) is 15.7. The topological polar surface area (TPSA) is 342 Å². The van der Waals surface area contributed by atoms with Crippen LogP contribution in [0.2, 0.25) is 0 Å². The predicted octanol–water partition coefficient (Wildman–Crippen LogP) is 17.6. The Morgan fingerprint density at radius 3 is 0.840 bits per heavy atom. The molecule has 4 fully saturated rings. The molecule has 30 heteroatoms. The van der Waals surface area contributed by atoms with Gasteiger partial charge in [-0.25, -0.2) is 73.4 Å². The van der Waals surface area contributed by atoms with E-state index in [9.17, 15) is 38.7 Å². The fourth-order valence-corrected chi connectivity index (χ4v) is 16.1. The van der Waals surface area contributed by atoms with Crippen LogP contribution >= 0.6 is 0 Å². The van der Waals surface area contributed by atoms with Crippen molar-refractivity contribution in [2.75, 3.05) is 114 Å². The monoisotopic (exact) mass is 1780 g/mol. The van der Waals surface area contributed by atoms with Crippen molar-refractivity contribution in [2.45, 2.75) is 155 Å². The minimum absolute atomic E-state index is 0.0330. The van der Waals surface area contributed by atoms with Crippen LogP contribution in [0.1, 0.15) is 155 Å². The van der Waals surface area contributed by atoms with E-state index in [1.165, 1.54) is 21.3 Å². The first-order valence-corrected chi connectivity index (χ1v) is 44.3. The molecule has 3 amide bonds. The molecule has 0 radical (unpaired) electrons. The van der Waals surface area contributed by atoms with Crippen molar-refractivity contribution in [3.8, 4) is 45.0 Å². The number of carbonyl (C=O) groups excluding carboxylic acids is 6. The number of benzene rings is 8. The Morgan fingerprint density at radius 2 is 0.588 bits per heavy atom. The van der Waals surface area contributed by atoms with Gasteiger partial charge in [0, 0.05) is 113 Å². The SMILES string of the molecule is CN(C(=O)OC(C)(C)C)C1CCN(c2nc3cc(C(=O)O)ccc3nc2-c2ccccc2)CC1.CNC1CCN(c2nc3cc(C(=O)OC)ccc3nc2-c2ccccc2)CC1.COC(=O)c1ccc2nc(-c3ccccc3)c(N3CCC(N(C)C(=O)OC(C)(C)C)CC3)nc2c1.COC(=O)c1ccc2nc(-c3ccccc3)c(N3CCC(NC(=O)OC(C)(C)C)CC3)nc2c1. The molecule has 16 rings (SSSR count). The van der Waals surface area contributed by atoms with Crippen LogP contribution in [0.5, 0.6) is 0 Å². The van der Waals surface area contributed by atoms with Gasteiger partial charge in [0.15, 0.2) is 23.3 Å². The van der Waals surface area contributed by atoms with Crippen LogP contribution in [0.3, 0.4) is 0 Å². The lowest BCUT2D eigenvalue weighted by molar-refractivity contribution is 0.0190. The number of esters is 3. The number of methoxy groups -OCH3 is 3. The highest BCUT2D eigenvalue weighted by Crippen LogP contribution is 2.39. The molecule has 684 valence electrons. The van der Waals surface area contributed by atoms with Gasteiger partial charge in [-0.2, -0.15) is 0 Å². The molecule has 4 aliphatic rings. The number of piperidine rings is 4. The van der Waals surface area contributed by atoms with Gasteiger partial charge < -0.3 is 73.6 Å². The number of ether oxygens (including phenoxy) is 6. The maximum absolute atomic E-state index is 12.5. The van der Waals surface area contributed by atoms with Crippen LogP contribution in [-0.2, 0) is 28.4 Å². The maximum atomic E-state index is 12.5. The number of aromatic nitrogens is 8. The Labute approximate surface area is 763 Å². The molecule has 0 unspecified atom stereocenters. The fraction of sp³-hybridized carbons (Fsp3) is 0.376. The zero-order chi connectivity index (χ0) is 93.4. The second-order valence-corrected chi connectivity index (χ2v) is 35.7. The summed E-state index contributed by atoms with van der Waals surface area (Å²) in [4.78, 5) is 136. The number of hydrogen-bond acceptors (Lipinski definition) is 26. The van der Waals surface area contributed by atoms with Crippen molar-refractivity contribution >= 4 is 110 Å². The van der Waals surface area contributed by atoms with Gasteiger partial charge in [0.05, 0.1) is 87.7 Å². The molecule has 3 N–H and O–H groups in total. The Bertz CT molecular complexity index is 6050. The van der Waals surface area contributed by atoms with Crippen molar-refractivity contribution in [1.29, 1.82) is 0 Å². The molecule has 4 aromatic heterocycles. The van der Waals surface area contributed by atoms with E-state index in [1.807, 2.05) is 185 Å². The largest absolute Gasteiger partial charge is 0.478 e. The van der Waals surface area contributed by atoms with Crippen LogP contribution in [0.25, 0.3) is 89.2 Å². The molecule has 0 saturated carbocycles. The molecule has 30 nitrogen and oxygen atoms in total. The molecule has 4 saturated heterocycles. The van der Waals surface area contributed by atoms with E-state index in [0.29, 0.717) is 101 Å². The minimum atomic E-state index is -0.997. The number of hydrogen-bond donors (Lipinski definition) is 3. The first-order valence-electron chi connectivity index (χ1n) is 44.3. The van der Waals surface area contributed by atoms with Crippen molar-refractivity contribution in [3.05, 3.63) is 216 Å². The van der Waals surface area contributed by atoms with E-state index >= 15 is 0 Å². The quantitative estimate of drug-likeness (QED) is 0.0597. The average Bonchev–Trinajstić information content (AvgIpc) is 0.817. The van der Waals surface area contributed by atoms with Gasteiger partial charge in [-0.1, -0.05) is 121 Å². The summed E-state index contributed by atoms with van der Waals surface area (Å²) in [6, 6.07) is 61.2. The van der Waals surface area contributed by atoms with E-state index in [2.05, 4.69) is 42.4 Å². The van der Waals surface area contributed by atoms with Crippen molar-refractivity contribution in [3.63, 3.8) is 0 Å². The predicted molar refractivity (Wildman–Crippen MR) is 508 cm³/mol. The summed E-state index contributed by atoms with van der Waals surface area (Å²) in [5.74, 6) is 0.936. The smallest absolute Gasteiger partial charge is 0.410 e. The summed E-state index contributed by atoms with van der Waals surface area (Å²) < 4.78 is 31.0. The van der Waals surface area contributed by atoms with Gasteiger partial charge in [-0.15, -0.1) is 0 Å². The Kier molecular flexibility index (Phi) is 30.3. The summed E-state index contributed by atoms with van der Waals surface area (Å²) in [5.41, 5.74) is 12.4. The normalized spacial score (nSPS) is 14.7. The zero-order valence-corrected chi connectivity index (χ0v) is 77.1. The van der Waals surface area contributed by atoms with Crippen LogP contribution in [0, 0.1) is 0 Å². The lowest BCUT2D eigenvalue weighted by Crippen LogP contribution is -2.47. The lowest BCUT2D eigenvalue weighted by Gasteiger charge is -2.38. The Hall–Kier alpha value is -14.0. The number of amides is 3. The second kappa shape index (κ2) is 42.0. The van der Waals surface area contributed by atoms with Gasteiger partial charge in [0.2, 0.25) is 0 Å². The van der Waals surface area contributed by atoms with Crippen molar-refractivity contribution in [1.82, 2.24) is 60.3 Å². The zero-order valence-electron chi connectivity index (χ0n) is 77.1. The summed E-state index contributed by atoms with van der Waals surface area (Å²) in [7, 11) is 9.70. The minimum Gasteiger partial charge on any atom is -0.478 e. The molecule has 0 aliphatic carbocycles. The number of anilines is 4.